The summed E-state index contributed by atoms with van der Waals surface area (Å²) in [6.45, 7) is 1.31. The Morgan fingerprint density at radius 2 is 1.79 bits per heavy atom. The second kappa shape index (κ2) is 7.04. The Kier molecular flexibility index (Phi) is 4.65. The quantitative estimate of drug-likeness (QED) is 0.877. The van der Waals surface area contributed by atoms with Gasteiger partial charge in [-0.1, -0.05) is 18.2 Å². The van der Waals surface area contributed by atoms with Crippen LogP contribution in [0, 0.1) is 0 Å². The van der Waals surface area contributed by atoms with Crippen molar-refractivity contribution in [2.75, 3.05) is 13.2 Å². The van der Waals surface area contributed by atoms with E-state index in [1.807, 2.05) is 6.07 Å². The Labute approximate surface area is 139 Å². The zero-order chi connectivity index (χ0) is 16.9. The third-order valence-corrected chi connectivity index (χ3v) is 3.63. The highest BCUT2D eigenvalue weighted by Gasteiger charge is 2.13. The monoisotopic (exact) mass is 327 g/mol. The van der Waals surface area contributed by atoms with E-state index in [4.69, 9.17) is 14.6 Å². The van der Waals surface area contributed by atoms with Crippen LogP contribution in [0.2, 0.25) is 0 Å². The van der Waals surface area contributed by atoms with E-state index >= 15 is 0 Å². The van der Waals surface area contributed by atoms with E-state index in [2.05, 4.69) is 5.32 Å². The van der Waals surface area contributed by atoms with Gasteiger partial charge in [0.25, 0.3) is 0 Å². The van der Waals surface area contributed by atoms with Gasteiger partial charge >= 0.3 is 5.97 Å². The number of nitrogens with one attached hydrogen (secondary N) is 1. The number of carboxylic acid groups (broad SMARTS) is 1. The number of rotatable bonds is 5. The molecule has 0 bridgehead atoms. The molecule has 1 amide bonds. The number of carbonyl (C=O) groups excluding carboxylic acids is 1. The van der Waals surface area contributed by atoms with Crippen LogP contribution in [0.3, 0.4) is 0 Å². The summed E-state index contributed by atoms with van der Waals surface area (Å²) in [5.74, 6) is 0.212. The van der Waals surface area contributed by atoms with E-state index in [1.54, 1.807) is 30.3 Å². The van der Waals surface area contributed by atoms with Gasteiger partial charge in [-0.05, 0) is 35.4 Å². The highest BCUT2D eigenvalue weighted by molar-refractivity contribution is 5.87. The zero-order valence-corrected chi connectivity index (χ0v) is 13.0. The molecule has 2 aromatic carbocycles. The SMILES string of the molecule is O=C(Cc1ccc2c(c1)OCCO2)NCc1cccc(C(=O)O)c1. The lowest BCUT2D eigenvalue weighted by atomic mass is 10.1. The molecular formula is C18H17NO5. The summed E-state index contributed by atoms with van der Waals surface area (Å²) in [5.41, 5.74) is 1.77. The van der Waals surface area contributed by atoms with Gasteiger partial charge in [-0.3, -0.25) is 4.79 Å². The summed E-state index contributed by atoms with van der Waals surface area (Å²) in [7, 11) is 0. The molecule has 2 aromatic rings. The first kappa shape index (κ1) is 15.9. The second-order valence-corrected chi connectivity index (χ2v) is 5.44. The molecule has 0 fully saturated rings. The van der Waals surface area contributed by atoms with Crippen molar-refractivity contribution in [3.63, 3.8) is 0 Å². The van der Waals surface area contributed by atoms with E-state index in [0.29, 0.717) is 24.7 Å². The molecule has 0 aromatic heterocycles. The Morgan fingerprint density at radius 3 is 2.58 bits per heavy atom. The Hall–Kier alpha value is -3.02. The van der Waals surface area contributed by atoms with Crippen LogP contribution < -0.4 is 14.8 Å². The number of aromatic carboxylic acids is 1. The third-order valence-electron chi connectivity index (χ3n) is 3.63. The maximum atomic E-state index is 12.1. The molecule has 24 heavy (non-hydrogen) atoms. The van der Waals surface area contributed by atoms with Crippen molar-refractivity contribution in [3.05, 3.63) is 59.2 Å². The fourth-order valence-corrected chi connectivity index (χ4v) is 2.46. The number of hydrogen-bond donors (Lipinski definition) is 2. The molecule has 0 aliphatic carbocycles. The fraction of sp³-hybridized carbons (Fsp3) is 0.222. The minimum Gasteiger partial charge on any atom is -0.486 e. The minimum absolute atomic E-state index is 0.146. The lowest BCUT2D eigenvalue weighted by molar-refractivity contribution is -0.120. The molecule has 1 heterocycles. The molecule has 6 heteroatoms. The number of carboxylic acids is 1. The van der Waals surface area contributed by atoms with E-state index in [0.717, 1.165) is 11.1 Å². The first-order valence-corrected chi connectivity index (χ1v) is 7.59. The molecule has 0 spiro atoms. The number of ether oxygens (including phenoxy) is 2. The average Bonchev–Trinajstić information content (AvgIpc) is 2.60. The highest BCUT2D eigenvalue weighted by Crippen LogP contribution is 2.30. The predicted molar refractivity (Wildman–Crippen MR) is 86.4 cm³/mol. The van der Waals surface area contributed by atoms with Crippen LogP contribution in [0.15, 0.2) is 42.5 Å². The van der Waals surface area contributed by atoms with Gasteiger partial charge in [0.05, 0.1) is 12.0 Å². The predicted octanol–water partition coefficient (Wildman–Crippen LogP) is 2.01. The maximum absolute atomic E-state index is 12.1. The summed E-state index contributed by atoms with van der Waals surface area (Å²) in [6.07, 6.45) is 0.218. The zero-order valence-electron chi connectivity index (χ0n) is 13.0. The smallest absolute Gasteiger partial charge is 0.335 e. The van der Waals surface area contributed by atoms with Gasteiger partial charge < -0.3 is 19.9 Å². The van der Waals surface area contributed by atoms with Gasteiger partial charge in [0.15, 0.2) is 11.5 Å². The molecule has 124 valence electrons. The van der Waals surface area contributed by atoms with Crippen LogP contribution >= 0.6 is 0 Å². The van der Waals surface area contributed by atoms with Gasteiger partial charge in [0.2, 0.25) is 5.91 Å². The van der Waals surface area contributed by atoms with Gasteiger partial charge in [-0.15, -0.1) is 0 Å². The van der Waals surface area contributed by atoms with Crippen LogP contribution in [-0.4, -0.2) is 30.2 Å². The van der Waals surface area contributed by atoms with Crippen molar-refractivity contribution in [2.24, 2.45) is 0 Å². The van der Waals surface area contributed by atoms with Crippen molar-refractivity contribution in [1.29, 1.82) is 0 Å². The Morgan fingerprint density at radius 1 is 1.00 bits per heavy atom. The van der Waals surface area contributed by atoms with Gasteiger partial charge in [0.1, 0.15) is 13.2 Å². The summed E-state index contributed by atoms with van der Waals surface area (Å²) in [5, 5.41) is 11.8. The Bertz CT molecular complexity index is 772. The molecule has 0 radical (unpaired) electrons. The molecule has 6 nitrogen and oxygen atoms in total. The van der Waals surface area contributed by atoms with Crippen LogP contribution in [0.4, 0.5) is 0 Å². The molecule has 0 saturated carbocycles. The molecule has 0 saturated heterocycles. The number of carbonyl (C=O) groups is 2. The van der Waals surface area contributed by atoms with E-state index < -0.39 is 5.97 Å². The molecule has 2 N–H and O–H groups in total. The van der Waals surface area contributed by atoms with E-state index in [-0.39, 0.29) is 24.4 Å². The lowest BCUT2D eigenvalue weighted by Gasteiger charge is -2.18. The van der Waals surface area contributed by atoms with Crippen molar-refractivity contribution >= 4 is 11.9 Å². The number of benzene rings is 2. The third kappa shape index (κ3) is 3.84. The maximum Gasteiger partial charge on any atom is 0.335 e. The summed E-state index contributed by atoms with van der Waals surface area (Å²) >= 11 is 0. The molecule has 1 aliphatic heterocycles. The first-order chi connectivity index (χ1) is 11.6. The van der Waals surface area contributed by atoms with E-state index in [1.165, 1.54) is 6.07 Å². The molecule has 1 aliphatic rings. The molecular weight excluding hydrogens is 310 g/mol. The molecule has 0 atom stereocenters. The average molecular weight is 327 g/mol. The fourth-order valence-electron chi connectivity index (χ4n) is 2.46. The van der Waals surface area contributed by atoms with Crippen molar-refractivity contribution in [3.8, 4) is 11.5 Å². The standard InChI is InChI=1S/C18H17NO5/c20-17(19-11-13-2-1-3-14(8-13)18(21)22)10-12-4-5-15-16(9-12)24-7-6-23-15/h1-5,8-9H,6-7,10-11H2,(H,19,20)(H,21,22). The van der Waals surface area contributed by atoms with Crippen molar-refractivity contribution < 1.29 is 24.2 Å². The topological polar surface area (TPSA) is 84.9 Å². The summed E-state index contributed by atoms with van der Waals surface area (Å²) < 4.78 is 10.9. The lowest BCUT2D eigenvalue weighted by Crippen LogP contribution is -2.24. The number of hydrogen-bond acceptors (Lipinski definition) is 4. The van der Waals surface area contributed by atoms with Crippen LogP contribution in [0.25, 0.3) is 0 Å². The number of amides is 1. The van der Waals surface area contributed by atoms with Crippen molar-refractivity contribution in [1.82, 2.24) is 5.32 Å². The first-order valence-electron chi connectivity index (χ1n) is 7.59. The van der Waals surface area contributed by atoms with Crippen LogP contribution in [0.5, 0.6) is 11.5 Å². The van der Waals surface area contributed by atoms with Gasteiger partial charge in [0, 0.05) is 6.54 Å². The van der Waals surface area contributed by atoms with Crippen molar-refractivity contribution in [2.45, 2.75) is 13.0 Å². The molecule has 0 unspecified atom stereocenters. The summed E-state index contributed by atoms with van der Waals surface area (Å²) in [4.78, 5) is 23.0. The normalized spacial score (nSPS) is 12.5. The molecule has 3 rings (SSSR count). The Balaban J connectivity index is 1.58. The van der Waals surface area contributed by atoms with Crippen LogP contribution in [-0.2, 0) is 17.8 Å². The highest BCUT2D eigenvalue weighted by atomic mass is 16.6. The van der Waals surface area contributed by atoms with Gasteiger partial charge in [-0.2, -0.15) is 0 Å². The number of fused-ring (bicyclic) bond motifs is 1. The second-order valence-electron chi connectivity index (χ2n) is 5.44. The summed E-state index contributed by atoms with van der Waals surface area (Å²) in [6, 6.07) is 11.9. The largest absolute Gasteiger partial charge is 0.486 e. The van der Waals surface area contributed by atoms with Crippen LogP contribution in [0.1, 0.15) is 21.5 Å². The minimum atomic E-state index is -0.987. The van der Waals surface area contributed by atoms with E-state index in [9.17, 15) is 9.59 Å². The van der Waals surface area contributed by atoms with Gasteiger partial charge in [-0.25, -0.2) is 4.79 Å².